The molecule has 0 unspecified atom stereocenters. The molecule has 0 radical (unpaired) electrons. The first-order valence-corrected chi connectivity index (χ1v) is 2.99. The monoisotopic (exact) mass is 231 g/mol. The van der Waals surface area contributed by atoms with Crippen LogP contribution in [0.3, 0.4) is 0 Å². The van der Waals surface area contributed by atoms with E-state index < -0.39 is 0 Å². The molecule has 0 fully saturated rings. The molecule has 5 heteroatoms. The van der Waals surface area contributed by atoms with E-state index in [0.29, 0.717) is 0 Å². The first-order chi connectivity index (χ1) is 4.24. The predicted molar refractivity (Wildman–Crippen MR) is 31.6 cm³/mol. The molecule has 0 saturated carbocycles. The van der Waals surface area contributed by atoms with Crippen LogP contribution in [0.5, 0.6) is 0 Å². The van der Waals surface area contributed by atoms with Crippen LogP contribution in [0.15, 0.2) is 0 Å². The summed E-state index contributed by atoms with van der Waals surface area (Å²) >= 11 is 0. The molecule has 0 spiro atoms. The van der Waals surface area contributed by atoms with Crippen LogP contribution in [-0.4, -0.2) is 19.8 Å². The molecular formula is C6H15O3Ti2+5. The van der Waals surface area contributed by atoms with E-state index in [0.717, 1.165) is 0 Å². The molecule has 3 nitrogen and oxygen atoms in total. The van der Waals surface area contributed by atoms with E-state index in [1.165, 1.54) is 0 Å². The van der Waals surface area contributed by atoms with Crippen LogP contribution in [0.25, 0.3) is 0 Å². The Kier molecular flexibility index (Phi) is 173. The van der Waals surface area contributed by atoms with Crippen LogP contribution in [0.4, 0.5) is 0 Å². The standard InChI is InChI=1S/3C2H5O.2Ti/c3*1-2-3;;/h3*2H2,1H3;;/q3*-1;2*+4. The van der Waals surface area contributed by atoms with Gasteiger partial charge in [0.05, 0.1) is 0 Å². The molecule has 0 bridgehead atoms. The third-order valence-corrected chi connectivity index (χ3v) is 0. The second kappa shape index (κ2) is 64.7. The largest absolute Gasteiger partial charge is 4.00 e. The Labute approximate surface area is 99.0 Å². The second-order valence-corrected chi connectivity index (χ2v) is 0.866. The Hall–Kier alpha value is 1.31. The minimum atomic E-state index is 0. The van der Waals surface area contributed by atoms with E-state index in [4.69, 9.17) is 15.3 Å². The zero-order valence-corrected chi connectivity index (χ0v) is 10.5. The van der Waals surface area contributed by atoms with Gasteiger partial charge in [-0.05, 0) is 0 Å². The zero-order chi connectivity index (χ0) is 8.12. The molecule has 11 heavy (non-hydrogen) atoms. The molecule has 0 atom stereocenters. The Morgan fingerprint density at radius 3 is 0.636 bits per heavy atom. The molecule has 0 rings (SSSR count). The molecule has 0 saturated heterocycles. The molecule has 0 aliphatic carbocycles. The maximum Gasteiger partial charge on any atom is 4.00 e. The van der Waals surface area contributed by atoms with E-state index in [1.807, 2.05) is 0 Å². The first kappa shape index (κ1) is 29.5. The van der Waals surface area contributed by atoms with Crippen LogP contribution in [0, 0.1) is 0 Å². The average molecular weight is 231 g/mol. The molecule has 0 N–H and O–H groups in total. The van der Waals surface area contributed by atoms with Crippen molar-refractivity contribution in [2.75, 3.05) is 19.8 Å². The average Bonchev–Trinajstić information content (AvgIpc) is 1.70. The third-order valence-electron chi connectivity index (χ3n) is 0. The van der Waals surface area contributed by atoms with Gasteiger partial charge in [-0.25, -0.2) is 0 Å². The molecular weight excluding hydrogens is 216 g/mol. The summed E-state index contributed by atoms with van der Waals surface area (Å²) in [6.07, 6.45) is 0. The summed E-state index contributed by atoms with van der Waals surface area (Å²) in [7, 11) is 0. The van der Waals surface area contributed by atoms with Gasteiger partial charge in [-0.3, -0.25) is 0 Å². The van der Waals surface area contributed by atoms with E-state index >= 15 is 0 Å². The quantitative estimate of drug-likeness (QED) is 0.457. The van der Waals surface area contributed by atoms with E-state index in [2.05, 4.69) is 0 Å². The van der Waals surface area contributed by atoms with E-state index in [-0.39, 0.29) is 63.3 Å². The van der Waals surface area contributed by atoms with Crippen molar-refractivity contribution in [2.24, 2.45) is 0 Å². The Morgan fingerprint density at radius 2 is 0.636 bits per heavy atom. The van der Waals surface area contributed by atoms with Crippen molar-refractivity contribution >= 4 is 0 Å². The van der Waals surface area contributed by atoms with Crippen molar-refractivity contribution in [2.45, 2.75) is 20.8 Å². The molecule has 0 aromatic rings. The minimum Gasteiger partial charge on any atom is -0.855 e. The Bertz CT molecular complexity index is 20.5. The summed E-state index contributed by atoms with van der Waals surface area (Å²) in [5.41, 5.74) is 0. The van der Waals surface area contributed by atoms with Gasteiger partial charge in [0.1, 0.15) is 0 Å². The molecule has 0 aromatic carbocycles. The zero-order valence-electron chi connectivity index (χ0n) is 7.35. The van der Waals surface area contributed by atoms with Crippen LogP contribution in [0.1, 0.15) is 20.8 Å². The minimum absolute atomic E-state index is 0. The van der Waals surface area contributed by atoms with Crippen LogP contribution < -0.4 is 15.3 Å². The van der Waals surface area contributed by atoms with Crippen LogP contribution in [-0.2, 0) is 43.4 Å². The van der Waals surface area contributed by atoms with Crippen molar-refractivity contribution < 1.29 is 58.8 Å². The summed E-state index contributed by atoms with van der Waals surface area (Å²) in [5, 5.41) is 26.8. The van der Waals surface area contributed by atoms with Crippen molar-refractivity contribution in [1.29, 1.82) is 0 Å². The Morgan fingerprint density at radius 1 is 0.636 bits per heavy atom. The molecule has 0 heterocycles. The van der Waals surface area contributed by atoms with Gasteiger partial charge in [0, 0.05) is 0 Å². The molecule has 0 aliphatic heterocycles. The maximum atomic E-state index is 8.93. The van der Waals surface area contributed by atoms with Gasteiger partial charge in [-0.2, -0.15) is 0 Å². The third kappa shape index (κ3) is 572. The van der Waals surface area contributed by atoms with Crippen molar-refractivity contribution in [3.8, 4) is 0 Å². The fourth-order valence-corrected chi connectivity index (χ4v) is 0. The van der Waals surface area contributed by atoms with Crippen LogP contribution >= 0.6 is 0 Å². The van der Waals surface area contributed by atoms with Crippen LogP contribution in [0.2, 0.25) is 0 Å². The normalized spacial score (nSPS) is 4.91. The topological polar surface area (TPSA) is 69.2 Å². The molecule has 0 amide bonds. The summed E-state index contributed by atoms with van der Waals surface area (Å²) in [5.74, 6) is 0. The van der Waals surface area contributed by atoms with Crippen molar-refractivity contribution in [1.82, 2.24) is 0 Å². The fourth-order valence-electron chi connectivity index (χ4n) is 0. The maximum absolute atomic E-state index is 8.93. The second-order valence-electron chi connectivity index (χ2n) is 0.866. The van der Waals surface area contributed by atoms with Gasteiger partial charge in [-0.15, -0.1) is 19.8 Å². The molecule has 0 aromatic heterocycles. The SMILES string of the molecule is CC[O-].CC[O-].CC[O-].[Ti+4].[Ti+4]. The predicted octanol–water partition coefficient (Wildman–Crippen LogP) is -1.91. The summed E-state index contributed by atoms with van der Waals surface area (Å²) in [4.78, 5) is 0. The summed E-state index contributed by atoms with van der Waals surface area (Å²) < 4.78 is 0. The van der Waals surface area contributed by atoms with Gasteiger partial charge in [0.2, 0.25) is 0 Å². The summed E-state index contributed by atoms with van der Waals surface area (Å²) in [6, 6.07) is 0. The Balaban J connectivity index is -0.0000000150. The van der Waals surface area contributed by atoms with E-state index in [1.54, 1.807) is 20.8 Å². The van der Waals surface area contributed by atoms with Gasteiger partial charge >= 0.3 is 43.4 Å². The molecule has 60 valence electrons. The van der Waals surface area contributed by atoms with Gasteiger partial charge < -0.3 is 15.3 Å². The number of hydrogen-bond donors (Lipinski definition) is 0. The number of rotatable bonds is 0. The van der Waals surface area contributed by atoms with Crippen molar-refractivity contribution in [3.63, 3.8) is 0 Å². The van der Waals surface area contributed by atoms with Gasteiger partial charge in [0.25, 0.3) is 0 Å². The number of hydrogen-bond acceptors (Lipinski definition) is 3. The van der Waals surface area contributed by atoms with Gasteiger partial charge in [-0.1, -0.05) is 20.8 Å². The summed E-state index contributed by atoms with van der Waals surface area (Å²) in [6.45, 7) is 4.71. The fraction of sp³-hybridized carbons (Fsp3) is 1.00. The first-order valence-electron chi connectivity index (χ1n) is 2.99. The van der Waals surface area contributed by atoms with Crippen molar-refractivity contribution in [3.05, 3.63) is 0 Å². The van der Waals surface area contributed by atoms with Gasteiger partial charge in [0.15, 0.2) is 0 Å². The molecule has 0 aliphatic rings. The van der Waals surface area contributed by atoms with E-state index in [9.17, 15) is 0 Å². The smallest absolute Gasteiger partial charge is 0.855 e.